The largest absolute Gasteiger partial charge is 0.316 e. The minimum atomic E-state index is 0.837. The average Bonchev–Trinajstić information content (AvgIpc) is 2.23. The van der Waals surface area contributed by atoms with Gasteiger partial charge in [-0.15, -0.1) is 0 Å². The summed E-state index contributed by atoms with van der Waals surface area (Å²) in [6.45, 7) is 11.7. The highest BCUT2D eigenvalue weighted by molar-refractivity contribution is 4.57. The Morgan fingerprint density at radius 2 is 1.67 bits per heavy atom. The molecule has 0 aliphatic rings. The van der Waals surface area contributed by atoms with Crippen molar-refractivity contribution in [3.8, 4) is 0 Å². The molecule has 0 spiro atoms. The summed E-state index contributed by atoms with van der Waals surface area (Å²) in [4.78, 5) is 0. The van der Waals surface area contributed by atoms with E-state index in [1.54, 1.807) is 0 Å². The average molecular weight is 213 g/mol. The third-order valence-electron chi connectivity index (χ3n) is 3.27. The van der Waals surface area contributed by atoms with Crippen molar-refractivity contribution in [1.29, 1.82) is 0 Å². The SMILES string of the molecule is CCCC(C)CCCCNC[C@@H](C)CC. The van der Waals surface area contributed by atoms with Crippen molar-refractivity contribution < 1.29 is 0 Å². The van der Waals surface area contributed by atoms with Crippen molar-refractivity contribution in [3.05, 3.63) is 0 Å². The van der Waals surface area contributed by atoms with Crippen molar-refractivity contribution in [3.63, 3.8) is 0 Å². The van der Waals surface area contributed by atoms with E-state index in [0.717, 1.165) is 11.8 Å². The van der Waals surface area contributed by atoms with Gasteiger partial charge in [-0.2, -0.15) is 0 Å². The number of unbranched alkanes of at least 4 members (excludes halogenated alkanes) is 1. The second-order valence-electron chi connectivity index (χ2n) is 5.11. The summed E-state index contributed by atoms with van der Waals surface area (Å²) in [7, 11) is 0. The highest BCUT2D eigenvalue weighted by atomic mass is 14.8. The molecule has 1 nitrogen and oxygen atoms in total. The Bertz CT molecular complexity index is 123. The van der Waals surface area contributed by atoms with E-state index in [1.165, 1.54) is 51.6 Å². The first kappa shape index (κ1) is 15.0. The van der Waals surface area contributed by atoms with Crippen molar-refractivity contribution in [2.75, 3.05) is 13.1 Å². The van der Waals surface area contributed by atoms with Gasteiger partial charge >= 0.3 is 0 Å². The van der Waals surface area contributed by atoms with Crippen LogP contribution in [0.25, 0.3) is 0 Å². The van der Waals surface area contributed by atoms with Crippen LogP contribution < -0.4 is 5.32 Å². The first-order valence-electron chi connectivity index (χ1n) is 6.91. The fourth-order valence-corrected chi connectivity index (χ4v) is 1.87. The summed E-state index contributed by atoms with van der Waals surface area (Å²) in [5.41, 5.74) is 0. The van der Waals surface area contributed by atoms with Gasteiger partial charge in [-0.05, 0) is 31.3 Å². The summed E-state index contributed by atoms with van der Waals surface area (Å²) in [5.74, 6) is 1.77. The molecule has 1 unspecified atom stereocenters. The Morgan fingerprint density at radius 1 is 0.933 bits per heavy atom. The number of hydrogen-bond acceptors (Lipinski definition) is 1. The quantitative estimate of drug-likeness (QED) is 0.536. The van der Waals surface area contributed by atoms with E-state index in [0.29, 0.717) is 0 Å². The molecule has 1 N–H and O–H groups in total. The monoisotopic (exact) mass is 213 g/mol. The molecule has 0 aliphatic carbocycles. The molecule has 0 aliphatic heterocycles. The Labute approximate surface area is 97.0 Å². The van der Waals surface area contributed by atoms with E-state index in [4.69, 9.17) is 0 Å². The molecule has 0 saturated heterocycles. The van der Waals surface area contributed by atoms with Gasteiger partial charge in [-0.1, -0.05) is 59.8 Å². The predicted octanol–water partition coefficient (Wildman–Crippen LogP) is 4.23. The zero-order chi connectivity index (χ0) is 11.5. The van der Waals surface area contributed by atoms with Crippen molar-refractivity contribution in [2.45, 2.75) is 66.2 Å². The maximum Gasteiger partial charge on any atom is -0.00233 e. The van der Waals surface area contributed by atoms with Crippen molar-refractivity contribution in [2.24, 2.45) is 11.8 Å². The maximum atomic E-state index is 3.54. The molecule has 0 rings (SSSR count). The zero-order valence-corrected chi connectivity index (χ0v) is 11.3. The van der Waals surface area contributed by atoms with Crippen molar-refractivity contribution >= 4 is 0 Å². The fourth-order valence-electron chi connectivity index (χ4n) is 1.87. The fraction of sp³-hybridized carbons (Fsp3) is 1.00. The summed E-state index contributed by atoms with van der Waals surface area (Å²) in [5, 5.41) is 3.54. The molecule has 0 radical (unpaired) electrons. The molecule has 1 heteroatoms. The minimum absolute atomic E-state index is 0.837. The first-order chi connectivity index (χ1) is 7.20. The molecule has 0 bridgehead atoms. The number of rotatable bonds is 10. The lowest BCUT2D eigenvalue weighted by atomic mass is 9.99. The van der Waals surface area contributed by atoms with Gasteiger partial charge in [-0.25, -0.2) is 0 Å². The molecule has 0 aromatic rings. The molecule has 0 aromatic heterocycles. The van der Waals surface area contributed by atoms with Crippen molar-refractivity contribution in [1.82, 2.24) is 5.32 Å². The molecule has 2 atom stereocenters. The summed E-state index contributed by atoms with van der Waals surface area (Å²) >= 11 is 0. The van der Waals surface area contributed by atoms with E-state index in [-0.39, 0.29) is 0 Å². The molecule has 0 heterocycles. The van der Waals surface area contributed by atoms with Crippen LogP contribution in [0.15, 0.2) is 0 Å². The first-order valence-corrected chi connectivity index (χ1v) is 6.91. The lowest BCUT2D eigenvalue weighted by molar-refractivity contribution is 0.444. The second-order valence-corrected chi connectivity index (χ2v) is 5.11. The Morgan fingerprint density at radius 3 is 2.27 bits per heavy atom. The van der Waals surface area contributed by atoms with Crippen LogP contribution in [0.5, 0.6) is 0 Å². The van der Waals surface area contributed by atoms with Crippen LogP contribution in [0.1, 0.15) is 66.2 Å². The normalized spacial score (nSPS) is 15.2. The van der Waals surface area contributed by atoms with Crippen LogP contribution in [0.2, 0.25) is 0 Å². The summed E-state index contributed by atoms with van der Waals surface area (Å²) in [6.07, 6.45) is 8.20. The number of nitrogens with one attached hydrogen (secondary N) is 1. The molecule has 0 fully saturated rings. The van der Waals surface area contributed by atoms with Gasteiger partial charge in [0.05, 0.1) is 0 Å². The Kier molecular flexibility index (Phi) is 10.4. The van der Waals surface area contributed by atoms with Crippen LogP contribution in [0.3, 0.4) is 0 Å². The van der Waals surface area contributed by atoms with E-state index >= 15 is 0 Å². The standard InChI is InChI=1S/C14H31N/c1-5-9-14(4)10-7-8-11-15-12-13(3)6-2/h13-15H,5-12H2,1-4H3/t13-,14?/m0/s1. The van der Waals surface area contributed by atoms with E-state index in [1.807, 2.05) is 0 Å². The predicted molar refractivity (Wildman–Crippen MR) is 70.2 cm³/mol. The summed E-state index contributed by atoms with van der Waals surface area (Å²) in [6, 6.07) is 0. The third-order valence-corrected chi connectivity index (χ3v) is 3.27. The van der Waals surface area contributed by atoms with Gasteiger partial charge in [0.25, 0.3) is 0 Å². The summed E-state index contributed by atoms with van der Waals surface area (Å²) < 4.78 is 0. The van der Waals surface area contributed by atoms with E-state index < -0.39 is 0 Å². The second kappa shape index (κ2) is 10.5. The van der Waals surface area contributed by atoms with Gasteiger partial charge in [0.15, 0.2) is 0 Å². The van der Waals surface area contributed by atoms with Crippen LogP contribution in [0, 0.1) is 11.8 Å². The topological polar surface area (TPSA) is 12.0 Å². The van der Waals surface area contributed by atoms with E-state index in [9.17, 15) is 0 Å². The molecular formula is C14H31N. The van der Waals surface area contributed by atoms with Gasteiger partial charge < -0.3 is 5.32 Å². The molecule has 0 saturated carbocycles. The minimum Gasteiger partial charge on any atom is -0.316 e. The smallest absolute Gasteiger partial charge is 0.00233 e. The molecule has 0 aromatic carbocycles. The van der Waals surface area contributed by atoms with Gasteiger partial charge in [0, 0.05) is 0 Å². The molecule has 15 heavy (non-hydrogen) atoms. The lowest BCUT2D eigenvalue weighted by Crippen LogP contribution is -2.21. The Hall–Kier alpha value is -0.0400. The molecule has 0 amide bonds. The van der Waals surface area contributed by atoms with Gasteiger partial charge in [0.1, 0.15) is 0 Å². The lowest BCUT2D eigenvalue weighted by Gasteiger charge is -2.11. The molecular weight excluding hydrogens is 182 g/mol. The van der Waals surface area contributed by atoms with Gasteiger partial charge in [0.2, 0.25) is 0 Å². The van der Waals surface area contributed by atoms with Crippen LogP contribution in [-0.4, -0.2) is 13.1 Å². The number of hydrogen-bond donors (Lipinski definition) is 1. The Balaban J connectivity index is 3.11. The van der Waals surface area contributed by atoms with Crippen LogP contribution >= 0.6 is 0 Å². The highest BCUT2D eigenvalue weighted by Crippen LogP contribution is 2.13. The maximum absolute atomic E-state index is 3.54. The molecule has 92 valence electrons. The highest BCUT2D eigenvalue weighted by Gasteiger charge is 2.00. The zero-order valence-electron chi connectivity index (χ0n) is 11.3. The van der Waals surface area contributed by atoms with E-state index in [2.05, 4.69) is 33.0 Å². The van der Waals surface area contributed by atoms with Gasteiger partial charge in [-0.3, -0.25) is 0 Å². The van der Waals surface area contributed by atoms with Crippen LogP contribution in [0.4, 0.5) is 0 Å². The third kappa shape index (κ3) is 10.2. The van der Waals surface area contributed by atoms with Crippen LogP contribution in [-0.2, 0) is 0 Å².